The van der Waals surface area contributed by atoms with Gasteiger partial charge in [-0.1, -0.05) is 0 Å². The van der Waals surface area contributed by atoms with Gasteiger partial charge in [0.2, 0.25) is 0 Å². The van der Waals surface area contributed by atoms with Crippen molar-refractivity contribution in [2.24, 2.45) is 6.98 Å². The minimum absolute atomic E-state index is 0.0304. The second-order valence-electron chi connectivity index (χ2n) is 12.0. The summed E-state index contributed by atoms with van der Waals surface area (Å²) >= 11 is 3.31. The van der Waals surface area contributed by atoms with Crippen LogP contribution in [0.1, 0.15) is 86.0 Å². The zero-order chi connectivity index (χ0) is 36.4. The van der Waals surface area contributed by atoms with Crippen LogP contribution in [-0.4, -0.2) is 56.0 Å². The number of aromatic nitrogens is 3. The predicted molar refractivity (Wildman–Crippen MR) is 166 cm³/mol. The van der Waals surface area contributed by atoms with Gasteiger partial charge in [0.25, 0.3) is 5.91 Å². The van der Waals surface area contributed by atoms with E-state index in [1.165, 1.54) is 43.3 Å². The number of ether oxygens (including phenoxy) is 3. The highest BCUT2D eigenvalue weighted by atomic mass is 79.9. The minimum atomic E-state index is -2.70. The van der Waals surface area contributed by atoms with Crippen molar-refractivity contribution < 1.29 is 37.1 Å². The van der Waals surface area contributed by atoms with Crippen molar-refractivity contribution in [3.8, 4) is 11.8 Å². The Morgan fingerprint density at radius 1 is 1.11 bits per heavy atom. The molecule has 0 radical (unpaired) electrons. The molecular weight excluding hydrogens is 651 g/mol. The number of amides is 3. The molecule has 0 aliphatic heterocycles. The monoisotopic (exact) mass is 689 g/mol. The summed E-state index contributed by atoms with van der Waals surface area (Å²) in [4.78, 5) is 46.4. The second-order valence-corrected chi connectivity index (χ2v) is 12.9. The Kier molecular flexibility index (Phi) is 9.25. The summed E-state index contributed by atoms with van der Waals surface area (Å²) in [6, 6.07) is 7.92. The number of imide groups is 1. The predicted octanol–water partition coefficient (Wildman–Crippen LogP) is 6.68. The maximum Gasteiger partial charge on any atom is 0.425 e. The smallest absolute Gasteiger partial charge is 0.425 e. The summed E-state index contributed by atoms with van der Waals surface area (Å²) in [6.07, 6.45) is -1.92. The number of pyridine rings is 1. The lowest BCUT2D eigenvalue weighted by Crippen LogP contribution is -2.44. The third-order valence-corrected chi connectivity index (χ3v) is 6.20. The lowest BCUT2D eigenvalue weighted by atomic mass is 10.0. The molecule has 0 bridgehead atoms. The average Bonchev–Trinajstić information content (AvgIpc) is 3.35. The summed E-state index contributed by atoms with van der Waals surface area (Å²) in [5.41, 5.74) is -1.93. The summed E-state index contributed by atoms with van der Waals surface area (Å²) < 4.78 is 55.5. The van der Waals surface area contributed by atoms with Gasteiger partial charge in [0, 0.05) is 39.9 Å². The highest BCUT2D eigenvalue weighted by Crippen LogP contribution is 2.35. The Morgan fingerprint density at radius 2 is 1.73 bits per heavy atom. The number of anilines is 1. The van der Waals surface area contributed by atoms with Crippen molar-refractivity contribution in [2.45, 2.75) is 72.3 Å². The Labute approximate surface area is 274 Å². The number of hydrogen-bond acceptors (Lipinski definition) is 9. The molecule has 2 heterocycles. The Hall–Kier alpha value is -4.51. The molecule has 2 aromatic heterocycles. The van der Waals surface area contributed by atoms with Gasteiger partial charge in [-0.3, -0.25) is 9.48 Å². The molecule has 3 amide bonds. The largest absolute Gasteiger partial charge is 0.482 e. The molecule has 1 atom stereocenters. The fourth-order valence-electron chi connectivity index (χ4n) is 3.96. The first kappa shape index (κ1) is 30.5. The molecule has 0 spiro atoms. The first-order chi connectivity index (χ1) is 22.0. The van der Waals surface area contributed by atoms with Gasteiger partial charge in [-0.05, 0) is 94.7 Å². The van der Waals surface area contributed by atoms with Gasteiger partial charge in [0.05, 0.1) is 12.2 Å². The van der Waals surface area contributed by atoms with Crippen molar-refractivity contribution in [1.82, 2.24) is 19.7 Å². The molecule has 0 fully saturated rings. The van der Waals surface area contributed by atoms with E-state index in [0.29, 0.717) is 14.1 Å². The standard InChI is InChI=1S/C31H36BrFN6O6/c1-18(24-13-20(33)10-11-23(24)27(40)37(8)17-21-14-22(15-34)38(9)36-21)43-25-12-19(32)16-35-26(25)39(28(41)44-30(2,3)4)29(42)45-31(5,6)7/h10-14,16,18H,17H2,1-9H3/t18-/m1/s1/i9D3. The highest BCUT2D eigenvalue weighted by molar-refractivity contribution is 9.10. The highest BCUT2D eigenvalue weighted by Gasteiger charge is 2.36. The number of nitriles is 1. The van der Waals surface area contributed by atoms with Crippen molar-refractivity contribution in [2.75, 3.05) is 11.9 Å². The van der Waals surface area contributed by atoms with Crippen molar-refractivity contribution in [3.63, 3.8) is 0 Å². The van der Waals surface area contributed by atoms with Gasteiger partial charge in [0.15, 0.2) is 11.6 Å². The third-order valence-electron chi connectivity index (χ3n) is 5.77. The Bertz CT molecular complexity index is 1720. The normalized spacial score (nSPS) is 13.4. The van der Waals surface area contributed by atoms with Crippen LogP contribution in [0, 0.1) is 17.1 Å². The van der Waals surface area contributed by atoms with Gasteiger partial charge >= 0.3 is 12.2 Å². The maximum atomic E-state index is 14.6. The number of carbonyl (C=O) groups is 3. The van der Waals surface area contributed by atoms with E-state index in [9.17, 15) is 24.0 Å². The number of aryl methyl sites for hydroxylation is 1. The van der Waals surface area contributed by atoms with Crippen LogP contribution in [0.3, 0.4) is 0 Å². The molecule has 0 unspecified atom stereocenters. The number of hydrogen-bond donors (Lipinski definition) is 0. The summed E-state index contributed by atoms with van der Waals surface area (Å²) in [5.74, 6) is -1.66. The maximum absolute atomic E-state index is 14.6. The van der Waals surface area contributed by atoms with Crippen LogP contribution in [0.25, 0.3) is 0 Å². The SMILES string of the molecule is [2H]C([2H])([2H])n1nc(CN(C)C(=O)c2ccc(F)cc2[C@@H](C)Oc2cc(Br)cnc2N(C(=O)OC(C)(C)C)C(=O)OC(C)(C)C)cc1C#N. The molecule has 0 saturated carbocycles. The van der Waals surface area contributed by atoms with E-state index >= 15 is 0 Å². The molecule has 12 nitrogen and oxygen atoms in total. The van der Waals surface area contributed by atoms with E-state index in [1.807, 2.05) is 0 Å². The van der Waals surface area contributed by atoms with Gasteiger partial charge in [0.1, 0.15) is 34.9 Å². The summed E-state index contributed by atoms with van der Waals surface area (Å²) in [6.45, 7) is 8.36. The molecule has 45 heavy (non-hydrogen) atoms. The minimum Gasteiger partial charge on any atom is -0.482 e. The number of benzene rings is 1. The lowest BCUT2D eigenvalue weighted by molar-refractivity contribution is 0.0426. The van der Waals surface area contributed by atoms with Gasteiger partial charge in [-0.2, -0.15) is 15.3 Å². The van der Waals surface area contributed by atoms with E-state index in [2.05, 4.69) is 26.0 Å². The number of rotatable bonds is 7. The van der Waals surface area contributed by atoms with E-state index in [0.717, 1.165) is 12.1 Å². The quantitative estimate of drug-likeness (QED) is 0.266. The molecule has 3 aromatic rings. The fourth-order valence-corrected chi connectivity index (χ4v) is 4.27. The Balaban J connectivity index is 2.01. The van der Waals surface area contributed by atoms with Crippen LogP contribution in [0.5, 0.6) is 5.75 Å². The van der Waals surface area contributed by atoms with Crippen LogP contribution in [0.2, 0.25) is 0 Å². The molecule has 3 rings (SSSR count). The van der Waals surface area contributed by atoms with E-state index in [-0.39, 0.29) is 40.6 Å². The topological polar surface area (TPSA) is 140 Å². The van der Waals surface area contributed by atoms with Crippen molar-refractivity contribution >= 4 is 39.8 Å². The summed E-state index contributed by atoms with van der Waals surface area (Å²) in [5, 5.41) is 13.3. The molecule has 1 aromatic carbocycles. The van der Waals surface area contributed by atoms with Gasteiger partial charge in [-0.25, -0.2) is 19.0 Å². The van der Waals surface area contributed by atoms with Crippen LogP contribution >= 0.6 is 15.9 Å². The number of halogens is 2. The van der Waals surface area contributed by atoms with Crippen LogP contribution in [-0.2, 0) is 23.0 Å². The van der Waals surface area contributed by atoms with Crippen LogP contribution < -0.4 is 9.64 Å². The first-order valence-electron chi connectivity index (χ1n) is 15.1. The fraction of sp³-hybridized carbons (Fsp3) is 0.419. The summed E-state index contributed by atoms with van der Waals surface area (Å²) in [7, 11) is 1.43. The third kappa shape index (κ3) is 9.24. The van der Waals surface area contributed by atoms with Crippen LogP contribution in [0.15, 0.2) is 41.0 Å². The molecule has 240 valence electrons. The number of carbonyl (C=O) groups excluding carboxylic acids is 3. The van der Waals surface area contributed by atoms with E-state index < -0.39 is 48.2 Å². The molecule has 0 N–H and O–H groups in total. The van der Waals surface area contributed by atoms with Crippen molar-refractivity contribution in [3.05, 3.63) is 69.3 Å². The molecule has 0 aliphatic rings. The van der Waals surface area contributed by atoms with Crippen molar-refractivity contribution in [1.29, 1.82) is 5.26 Å². The van der Waals surface area contributed by atoms with Gasteiger partial charge in [-0.15, -0.1) is 0 Å². The zero-order valence-electron chi connectivity index (χ0n) is 29.1. The van der Waals surface area contributed by atoms with Crippen LogP contribution in [0.4, 0.5) is 19.8 Å². The number of nitrogens with zero attached hydrogens (tertiary/aromatic N) is 6. The van der Waals surface area contributed by atoms with E-state index in [4.69, 9.17) is 18.3 Å². The lowest BCUT2D eigenvalue weighted by Gasteiger charge is -2.29. The first-order valence-corrected chi connectivity index (χ1v) is 14.4. The second kappa shape index (κ2) is 13.6. The van der Waals surface area contributed by atoms with E-state index in [1.54, 1.807) is 47.6 Å². The van der Waals surface area contributed by atoms with Gasteiger partial charge < -0.3 is 19.1 Å². The average molecular weight is 691 g/mol. The molecule has 14 heteroatoms. The molecule has 0 aliphatic carbocycles. The zero-order valence-corrected chi connectivity index (χ0v) is 27.7. The molecule has 0 saturated heterocycles. The Morgan fingerprint density at radius 3 is 2.27 bits per heavy atom. The molecular formula is C31H36BrFN6O6.